The van der Waals surface area contributed by atoms with Gasteiger partial charge in [0, 0.05) is 32.0 Å². The summed E-state index contributed by atoms with van der Waals surface area (Å²) in [6.07, 6.45) is 3.79. The van der Waals surface area contributed by atoms with E-state index in [1.807, 2.05) is 24.7 Å². The first-order valence-corrected chi connectivity index (χ1v) is 6.88. The Bertz CT molecular complexity index is 436. The topological polar surface area (TPSA) is 57.5 Å². The van der Waals surface area contributed by atoms with Crippen molar-refractivity contribution >= 4 is 5.91 Å². The van der Waals surface area contributed by atoms with Crippen LogP contribution in [-0.4, -0.2) is 52.8 Å². The number of nitrogens with zero attached hydrogens (tertiary/aromatic N) is 2. The quantitative estimate of drug-likeness (QED) is 0.816. The summed E-state index contributed by atoms with van der Waals surface area (Å²) in [5.74, 6) is -0.112. The van der Waals surface area contributed by atoms with Crippen LogP contribution in [0.4, 0.5) is 0 Å². The van der Waals surface area contributed by atoms with Gasteiger partial charge >= 0.3 is 0 Å². The lowest BCUT2D eigenvalue weighted by Crippen LogP contribution is -2.39. The summed E-state index contributed by atoms with van der Waals surface area (Å²) in [7, 11) is 1.91. The largest absolute Gasteiger partial charge is 0.390 e. The van der Waals surface area contributed by atoms with Gasteiger partial charge in [-0.2, -0.15) is 0 Å². The van der Waals surface area contributed by atoms with Crippen LogP contribution >= 0.6 is 0 Å². The molecule has 0 saturated carbocycles. The first-order chi connectivity index (χ1) is 9.08. The zero-order chi connectivity index (χ0) is 13.8. The minimum absolute atomic E-state index is 0.112. The predicted molar refractivity (Wildman–Crippen MR) is 74.2 cm³/mol. The van der Waals surface area contributed by atoms with Crippen LogP contribution in [-0.2, 0) is 7.05 Å². The van der Waals surface area contributed by atoms with Crippen molar-refractivity contribution in [3.63, 3.8) is 0 Å². The molecule has 5 nitrogen and oxygen atoms in total. The summed E-state index contributed by atoms with van der Waals surface area (Å²) in [4.78, 5) is 14.2. The molecule has 1 fully saturated rings. The fourth-order valence-corrected chi connectivity index (χ4v) is 2.48. The lowest BCUT2D eigenvalue weighted by molar-refractivity contribution is 0.0879. The van der Waals surface area contributed by atoms with Gasteiger partial charge in [-0.05, 0) is 38.9 Å². The van der Waals surface area contributed by atoms with Crippen molar-refractivity contribution in [2.24, 2.45) is 7.05 Å². The second-order valence-electron chi connectivity index (χ2n) is 5.30. The molecule has 1 saturated heterocycles. The number of carbonyl (C=O) groups excluding carboxylic acids is 1. The maximum atomic E-state index is 12.0. The van der Waals surface area contributed by atoms with Gasteiger partial charge in [-0.15, -0.1) is 0 Å². The summed E-state index contributed by atoms with van der Waals surface area (Å²) in [6.45, 7) is 4.99. The minimum Gasteiger partial charge on any atom is -0.390 e. The number of carbonyl (C=O) groups is 1. The van der Waals surface area contributed by atoms with Crippen molar-refractivity contribution < 1.29 is 9.90 Å². The Morgan fingerprint density at radius 3 is 2.74 bits per heavy atom. The Labute approximate surface area is 114 Å². The van der Waals surface area contributed by atoms with Crippen LogP contribution in [0.1, 0.15) is 28.9 Å². The minimum atomic E-state index is -0.494. The molecule has 0 bridgehead atoms. The third-order valence-electron chi connectivity index (χ3n) is 3.79. The standard InChI is InChI=1S/C14H23N3O2/c1-11-13(5-8-16(11)2)14(19)15-9-12(18)10-17-6-3-4-7-17/h5,8,12,18H,3-4,6-7,9-10H2,1-2H3,(H,15,19). The Morgan fingerprint density at radius 2 is 2.16 bits per heavy atom. The number of likely N-dealkylation sites (tertiary alicyclic amines) is 1. The average Bonchev–Trinajstić information content (AvgIpc) is 2.99. The molecule has 0 radical (unpaired) electrons. The number of aliphatic hydroxyl groups is 1. The van der Waals surface area contributed by atoms with Crippen molar-refractivity contribution in [3.05, 3.63) is 23.5 Å². The number of hydrogen-bond acceptors (Lipinski definition) is 3. The Morgan fingerprint density at radius 1 is 1.47 bits per heavy atom. The number of aliphatic hydroxyl groups excluding tert-OH is 1. The van der Waals surface area contributed by atoms with Crippen LogP contribution in [0.2, 0.25) is 0 Å². The monoisotopic (exact) mass is 265 g/mol. The molecule has 0 aromatic carbocycles. The smallest absolute Gasteiger partial charge is 0.253 e. The van der Waals surface area contributed by atoms with Crippen molar-refractivity contribution in [3.8, 4) is 0 Å². The zero-order valence-electron chi connectivity index (χ0n) is 11.7. The van der Waals surface area contributed by atoms with E-state index in [-0.39, 0.29) is 5.91 Å². The van der Waals surface area contributed by atoms with Gasteiger partial charge in [0.2, 0.25) is 0 Å². The summed E-state index contributed by atoms with van der Waals surface area (Å²) < 4.78 is 1.91. The molecule has 19 heavy (non-hydrogen) atoms. The number of rotatable bonds is 5. The van der Waals surface area contributed by atoms with Crippen LogP contribution in [0.25, 0.3) is 0 Å². The molecule has 5 heteroatoms. The van der Waals surface area contributed by atoms with E-state index in [2.05, 4.69) is 10.2 Å². The predicted octanol–water partition coefficient (Wildman–Crippen LogP) is 0.520. The van der Waals surface area contributed by atoms with Crippen molar-refractivity contribution in [2.45, 2.75) is 25.9 Å². The molecule has 0 aliphatic carbocycles. The van der Waals surface area contributed by atoms with Crippen LogP contribution < -0.4 is 5.32 Å². The Balaban J connectivity index is 1.78. The summed E-state index contributed by atoms with van der Waals surface area (Å²) in [5, 5.41) is 12.7. The summed E-state index contributed by atoms with van der Waals surface area (Å²) in [6, 6.07) is 1.80. The number of hydrogen-bond donors (Lipinski definition) is 2. The van der Waals surface area contributed by atoms with Crippen LogP contribution in [0.5, 0.6) is 0 Å². The molecule has 1 aliphatic heterocycles. The van der Waals surface area contributed by atoms with Crippen LogP contribution in [0.15, 0.2) is 12.3 Å². The van der Waals surface area contributed by atoms with E-state index in [4.69, 9.17) is 0 Å². The highest BCUT2D eigenvalue weighted by Crippen LogP contribution is 2.09. The molecule has 2 rings (SSSR count). The van der Waals surface area contributed by atoms with E-state index in [1.54, 1.807) is 6.07 Å². The number of nitrogens with one attached hydrogen (secondary N) is 1. The van der Waals surface area contributed by atoms with Gasteiger partial charge in [0.15, 0.2) is 0 Å². The maximum absolute atomic E-state index is 12.0. The van der Waals surface area contributed by atoms with Crippen molar-refractivity contribution in [2.75, 3.05) is 26.2 Å². The lowest BCUT2D eigenvalue weighted by atomic mass is 10.2. The normalized spacial score (nSPS) is 17.6. The highest BCUT2D eigenvalue weighted by molar-refractivity contribution is 5.95. The molecular formula is C14H23N3O2. The fourth-order valence-electron chi connectivity index (χ4n) is 2.48. The van der Waals surface area contributed by atoms with Gasteiger partial charge < -0.3 is 19.9 Å². The number of β-amino-alcohol motifs (C(OH)–C–C–N with tert-alkyl or cyclic N) is 1. The summed E-state index contributed by atoms with van der Waals surface area (Å²) >= 11 is 0. The molecule has 2 N–H and O–H groups in total. The maximum Gasteiger partial charge on any atom is 0.253 e. The van der Waals surface area contributed by atoms with E-state index >= 15 is 0 Å². The van der Waals surface area contributed by atoms with E-state index in [0.29, 0.717) is 18.7 Å². The van der Waals surface area contributed by atoms with Crippen LogP contribution in [0.3, 0.4) is 0 Å². The third-order valence-corrected chi connectivity index (χ3v) is 3.79. The molecule has 106 valence electrons. The molecule has 1 aliphatic rings. The number of amides is 1. The molecule has 1 amide bonds. The second kappa shape index (κ2) is 6.21. The highest BCUT2D eigenvalue weighted by atomic mass is 16.3. The van der Waals surface area contributed by atoms with Gasteiger partial charge in [0.25, 0.3) is 5.91 Å². The first-order valence-electron chi connectivity index (χ1n) is 6.88. The molecule has 2 heterocycles. The summed E-state index contributed by atoms with van der Waals surface area (Å²) in [5.41, 5.74) is 1.61. The van der Waals surface area contributed by atoms with Gasteiger partial charge in [-0.3, -0.25) is 4.79 Å². The average molecular weight is 265 g/mol. The van der Waals surface area contributed by atoms with Gasteiger partial charge in [-0.25, -0.2) is 0 Å². The second-order valence-corrected chi connectivity index (χ2v) is 5.30. The lowest BCUT2D eigenvalue weighted by Gasteiger charge is -2.19. The van der Waals surface area contributed by atoms with Gasteiger partial charge in [0.1, 0.15) is 0 Å². The fraction of sp³-hybridized carbons (Fsp3) is 0.643. The Kier molecular flexibility index (Phi) is 4.61. The molecular weight excluding hydrogens is 242 g/mol. The van der Waals surface area contributed by atoms with Gasteiger partial charge in [-0.1, -0.05) is 0 Å². The Hall–Kier alpha value is -1.33. The molecule has 1 unspecified atom stereocenters. The van der Waals surface area contributed by atoms with Gasteiger partial charge in [0.05, 0.1) is 11.7 Å². The molecule has 1 atom stereocenters. The van der Waals surface area contributed by atoms with Crippen molar-refractivity contribution in [1.29, 1.82) is 0 Å². The SMILES string of the molecule is Cc1c(C(=O)NCC(O)CN2CCCC2)ccn1C. The first kappa shape index (κ1) is 14.1. The van der Waals surface area contributed by atoms with E-state index < -0.39 is 6.10 Å². The zero-order valence-corrected chi connectivity index (χ0v) is 11.7. The number of aromatic nitrogens is 1. The highest BCUT2D eigenvalue weighted by Gasteiger charge is 2.17. The van der Waals surface area contributed by atoms with Crippen LogP contribution in [0, 0.1) is 6.92 Å². The van der Waals surface area contributed by atoms with E-state index in [9.17, 15) is 9.90 Å². The van der Waals surface area contributed by atoms with E-state index in [1.165, 1.54) is 12.8 Å². The van der Waals surface area contributed by atoms with Crippen molar-refractivity contribution in [1.82, 2.24) is 14.8 Å². The molecule has 1 aromatic rings. The molecule has 1 aromatic heterocycles. The van der Waals surface area contributed by atoms with E-state index in [0.717, 1.165) is 18.8 Å². The third kappa shape index (κ3) is 3.58. The molecule has 0 spiro atoms. The number of aryl methyl sites for hydroxylation is 1.